The van der Waals surface area contributed by atoms with Crippen molar-refractivity contribution >= 4 is 0 Å². The van der Waals surface area contributed by atoms with E-state index in [1.165, 1.54) is 57.3 Å². The molecule has 1 nitrogen and oxygen atoms in total. The van der Waals surface area contributed by atoms with Gasteiger partial charge in [0.25, 0.3) is 0 Å². The number of rotatable bonds is 6. The topological polar surface area (TPSA) is 3.24 Å². The Morgan fingerprint density at radius 2 is 1.87 bits per heavy atom. The van der Waals surface area contributed by atoms with Crippen LogP contribution in [0.3, 0.4) is 0 Å². The predicted octanol–water partition coefficient (Wildman–Crippen LogP) is 3.85. The van der Waals surface area contributed by atoms with E-state index in [0.29, 0.717) is 0 Å². The molecule has 0 aromatic heterocycles. The van der Waals surface area contributed by atoms with Crippen LogP contribution in [0.1, 0.15) is 52.9 Å². The lowest BCUT2D eigenvalue weighted by Gasteiger charge is -2.17. The average molecular weight is 209 g/mol. The summed E-state index contributed by atoms with van der Waals surface area (Å²) < 4.78 is 0. The highest BCUT2D eigenvalue weighted by atomic mass is 15.1. The van der Waals surface area contributed by atoms with E-state index in [0.717, 1.165) is 5.92 Å². The van der Waals surface area contributed by atoms with Gasteiger partial charge in [-0.3, -0.25) is 0 Å². The Kier molecular flexibility index (Phi) is 6.00. The zero-order chi connectivity index (χ0) is 11.1. The molecular formula is C14H27N. The molecular weight excluding hydrogens is 182 g/mol. The maximum absolute atomic E-state index is 2.62. The zero-order valence-corrected chi connectivity index (χ0v) is 10.8. The first kappa shape index (κ1) is 12.8. The largest absolute Gasteiger partial charge is 0.303 e. The molecule has 1 aliphatic rings. The Morgan fingerprint density at radius 1 is 1.20 bits per heavy atom. The Balaban J connectivity index is 2.02. The molecule has 0 spiro atoms. The third-order valence-corrected chi connectivity index (χ3v) is 3.35. The maximum Gasteiger partial charge on any atom is -0.00162 e. The third kappa shape index (κ3) is 5.99. The van der Waals surface area contributed by atoms with E-state index in [2.05, 4.69) is 31.7 Å². The van der Waals surface area contributed by atoms with E-state index in [1.807, 2.05) is 0 Å². The molecule has 1 atom stereocenters. The first-order valence-corrected chi connectivity index (χ1v) is 6.54. The molecule has 0 aliphatic carbocycles. The summed E-state index contributed by atoms with van der Waals surface area (Å²) in [6, 6.07) is 0. The zero-order valence-electron chi connectivity index (χ0n) is 10.8. The van der Waals surface area contributed by atoms with Crippen LogP contribution in [0, 0.1) is 5.92 Å². The van der Waals surface area contributed by atoms with Crippen LogP contribution in [0.2, 0.25) is 0 Å². The molecule has 0 saturated carbocycles. The van der Waals surface area contributed by atoms with Crippen LogP contribution in [0.5, 0.6) is 0 Å². The van der Waals surface area contributed by atoms with Gasteiger partial charge in [-0.25, -0.2) is 0 Å². The predicted molar refractivity (Wildman–Crippen MR) is 68.1 cm³/mol. The minimum Gasteiger partial charge on any atom is -0.303 e. The molecule has 1 aliphatic heterocycles. The number of likely N-dealkylation sites (tertiary alicyclic amines) is 1. The summed E-state index contributed by atoms with van der Waals surface area (Å²) in [6.07, 6.45) is 9.23. The summed E-state index contributed by atoms with van der Waals surface area (Å²) >= 11 is 0. The van der Waals surface area contributed by atoms with Crippen LogP contribution in [0.25, 0.3) is 0 Å². The van der Waals surface area contributed by atoms with Gasteiger partial charge in [0.2, 0.25) is 0 Å². The molecule has 1 unspecified atom stereocenters. The molecule has 1 fully saturated rings. The highest BCUT2D eigenvalue weighted by Gasteiger charge is 2.12. The van der Waals surface area contributed by atoms with Crippen LogP contribution in [-0.4, -0.2) is 24.5 Å². The van der Waals surface area contributed by atoms with Gasteiger partial charge in [0.15, 0.2) is 0 Å². The first-order valence-electron chi connectivity index (χ1n) is 6.54. The Bertz CT molecular complexity index is 186. The van der Waals surface area contributed by atoms with Gasteiger partial charge in [-0.15, -0.1) is 0 Å². The summed E-state index contributed by atoms with van der Waals surface area (Å²) in [6.45, 7) is 10.8. The quantitative estimate of drug-likeness (QED) is 0.601. The Morgan fingerprint density at radius 3 is 2.47 bits per heavy atom. The summed E-state index contributed by atoms with van der Waals surface area (Å²) in [7, 11) is 0. The van der Waals surface area contributed by atoms with Crippen molar-refractivity contribution < 1.29 is 0 Å². The van der Waals surface area contributed by atoms with Crippen LogP contribution in [-0.2, 0) is 0 Å². The minimum absolute atomic E-state index is 0.890. The third-order valence-electron chi connectivity index (χ3n) is 3.35. The lowest BCUT2D eigenvalue weighted by molar-refractivity contribution is 0.303. The van der Waals surface area contributed by atoms with Gasteiger partial charge in [0, 0.05) is 0 Å². The van der Waals surface area contributed by atoms with Crippen molar-refractivity contribution in [1.82, 2.24) is 4.90 Å². The van der Waals surface area contributed by atoms with E-state index >= 15 is 0 Å². The van der Waals surface area contributed by atoms with Gasteiger partial charge >= 0.3 is 0 Å². The van der Waals surface area contributed by atoms with Gasteiger partial charge in [-0.05, 0) is 71.5 Å². The van der Waals surface area contributed by atoms with Crippen molar-refractivity contribution in [3.63, 3.8) is 0 Å². The highest BCUT2D eigenvalue weighted by Crippen LogP contribution is 2.15. The molecule has 0 radical (unpaired) electrons. The Hall–Kier alpha value is -0.300. The molecule has 0 aromatic rings. The van der Waals surface area contributed by atoms with E-state index in [-0.39, 0.29) is 0 Å². The van der Waals surface area contributed by atoms with Gasteiger partial charge < -0.3 is 4.90 Å². The van der Waals surface area contributed by atoms with Gasteiger partial charge in [-0.2, -0.15) is 0 Å². The standard InChI is InChI=1S/C14H27N/c1-13(2)7-6-8-14(3)9-12-15-10-4-5-11-15/h7,14H,4-6,8-12H2,1-3H3. The first-order chi connectivity index (χ1) is 7.18. The van der Waals surface area contributed by atoms with E-state index < -0.39 is 0 Å². The molecule has 0 bridgehead atoms. The van der Waals surface area contributed by atoms with Crippen molar-refractivity contribution in [2.24, 2.45) is 5.92 Å². The minimum atomic E-state index is 0.890. The van der Waals surface area contributed by atoms with Crippen molar-refractivity contribution in [2.75, 3.05) is 19.6 Å². The second kappa shape index (κ2) is 7.05. The van der Waals surface area contributed by atoms with E-state index in [1.54, 1.807) is 0 Å². The van der Waals surface area contributed by atoms with Gasteiger partial charge in [0.05, 0.1) is 0 Å². The average Bonchev–Trinajstić information content (AvgIpc) is 2.66. The molecule has 1 saturated heterocycles. The van der Waals surface area contributed by atoms with Gasteiger partial charge in [0.1, 0.15) is 0 Å². The van der Waals surface area contributed by atoms with Crippen molar-refractivity contribution in [1.29, 1.82) is 0 Å². The van der Waals surface area contributed by atoms with Crippen molar-refractivity contribution in [2.45, 2.75) is 52.9 Å². The van der Waals surface area contributed by atoms with Crippen LogP contribution < -0.4 is 0 Å². The van der Waals surface area contributed by atoms with Gasteiger partial charge in [-0.1, -0.05) is 18.6 Å². The van der Waals surface area contributed by atoms with Crippen LogP contribution in [0.4, 0.5) is 0 Å². The van der Waals surface area contributed by atoms with E-state index in [4.69, 9.17) is 0 Å². The maximum atomic E-state index is 2.62. The SMILES string of the molecule is CC(C)=CCCC(C)CCN1CCCC1. The lowest BCUT2D eigenvalue weighted by Crippen LogP contribution is -2.21. The number of allylic oxidation sites excluding steroid dienone is 2. The molecule has 0 N–H and O–H groups in total. The van der Waals surface area contributed by atoms with E-state index in [9.17, 15) is 0 Å². The fourth-order valence-corrected chi connectivity index (χ4v) is 2.21. The number of hydrogen-bond acceptors (Lipinski definition) is 1. The molecule has 15 heavy (non-hydrogen) atoms. The molecule has 1 heterocycles. The highest BCUT2D eigenvalue weighted by molar-refractivity contribution is 4.92. The Labute approximate surface area is 95.5 Å². The molecule has 1 heteroatoms. The summed E-state index contributed by atoms with van der Waals surface area (Å²) in [4.78, 5) is 2.62. The molecule has 0 amide bonds. The molecule has 1 rings (SSSR count). The second-order valence-corrected chi connectivity index (χ2v) is 5.30. The van der Waals surface area contributed by atoms with Crippen molar-refractivity contribution in [3.8, 4) is 0 Å². The summed E-state index contributed by atoms with van der Waals surface area (Å²) in [5.41, 5.74) is 1.46. The smallest absolute Gasteiger partial charge is 0.00162 e. The molecule has 88 valence electrons. The van der Waals surface area contributed by atoms with Crippen LogP contribution in [0.15, 0.2) is 11.6 Å². The monoisotopic (exact) mass is 209 g/mol. The lowest BCUT2D eigenvalue weighted by atomic mass is 10.0. The van der Waals surface area contributed by atoms with Crippen LogP contribution >= 0.6 is 0 Å². The normalized spacial score (nSPS) is 19.1. The number of hydrogen-bond donors (Lipinski definition) is 0. The fraction of sp³-hybridized carbons (Fsp3) is 0.857. The fourth-order valence-electron chi connectivity index (χ4n) is 2.21. The number of nitrogens with zero attached hydrogens (tertiary/aromatic N) is 1. The summed E-state index contributed by atoms with van der Waals surface area (Å²) in [5, 5.41) is 0. The molecule has 0 aromatic carbocycles. The van der Waals surface area contributed by atoms with Crippen molar-refractivity contribution in [3.05, 3.63) is 11.6 Å². The summed E-state index contributed by atoms with van der Waals surface area (Å²) in [5.74, 6) is 0.890. The second-order valence-electron chi connectivity index (χ2n) is 5.30.